The summed E-state index contributed by atoms with van der Waals surface area (Å²) in [5.41, 5.74) is 6.83. The Morgan fingerprint density at radius 2 is 2.24 bits per heavy atom. The Hall–Kier alpha value is -1.40. The SMILES string of the molecule is CC[C@H](N)c1ccc(Sc2ncnn2C)cn1. The third-order valence-electron chi connectivity index (χ3n) is 2.46. The molecule has 0 saturated heterocycles. The van der Waals surface area contributed by atoms with Crippen LogP contribution in [0.5, 0.6) is 0 Å². The first-order valence-corrected chi connectivity index (χ1v) is 6.25. The Bertz CT molecular complexity index is 479. The fourth-order valence-corrected chi connectivity index (χ4v) is 2.10. The van der Waals surface area contributed by atoms with Crippen LogP contribution >= 0.6 is 11.8 Å². The van der Waals surface area contributed by atoms with E-state index in [9.17, 15) is 0 Å². The summed E-state index contributed by atoms with van der Waals surface area (Å²) in [5.74, 6) is 0. The van der Waals surface area contributed by atoms with Crippen LogP contribution in [-0.4, -0.2) is 19.7 Å². The molecule has 2 N–H and O–H groups in total. The summed E-state index contributed by atoms with van der Waals surface area (Å²) < 4.78 is 1.73. The van der Waals surface area contributed by atoms with Crippen molar-refractivity contribution in [3.8, 4) is 0 Å². The van der Waals surface area contributed by atoms with Gasteiger partial charge in [0, 0.05) is 24.2 Å². The van der Waals surface area contributed by atoms with Gasteiger partial charge in [0.05, 0.1) is 5.69 Å². The van der Waals surface area contributed by atoms with Crippen LogP contribution in [0.1, 0.15) is 25.1 Å². The molecule has 2 heterocycles. The Labute approximate surface area is 104 Å². The highest BCUT2D eigenvalue weighted by atomic mass is 32.2. The molecule has 2 aromatic rings. The van der Waals surface area contributed by atoms with E-state index in [-0.39, 0.29) is 6.04 Å². The van der Waals surface area contributed by atoms with Crippen molar-refractivity contribution in [2.75, 3.05) is 0 Å². The Morgan fingerprint density at radius 3 is 2.76 bits per heavy atom. The van der Waals surface area contributed by atoms with Gasteiger partial charge in [-0.05, 0) is 30.3 Å². The third kappa shape index (κ3) is 2.83. The van der Waals surface area contributed by atoms with Crippen LogP contribution in [0.25, 0.3) is 0 Å². The summed E-state index contributed by atoms with van der Waals surface area (Å²) in [6, 6.07) is 3.99. The van der Waals surface area contributed by atoms with Crippen molar-refractivity contribution in [3.05, 3.63) is 30.4 Å². The highest BCUT2D eigenvalue weighted by molar-refractivity contribution is 7.99. The Balaban J connectivity index is 2.11. The van der Waals surface area contributed by atoms with Gasteiger partial charge in [0.1, 0.15) is 6.33 Å². The molecule has 0 fully saturated rings. The quantitative estimate of drug-likeness (QED) is 0.894. The van der Waals surface area contributed by atoms with Crippen LogP contribution in [0.4, 0.5) is 0 Å². The summed E-state index contributed by atoms with van der Waals surface area (Å²) in [4.78, 5) is 9.54. The third-order valence-corrected chi connectivity index (χ3v) is 3.49. The van der Waals surface area contributed by atoms with Gasteiger partial charge >= 0.3 is 0 Å². The van der Waals surface area contributed by atoms with Gasteiger partial charge in [-0.15, -0.1) is 0 Å². The number of aromatic nitrogens is 4. The van der Waals surface area contributed by atoms with E-state index in [2.05, 4.69) is 22.0 Å². The molecule has 0 amide bonds. The maximum absolute atomic E-state index is 5.91. The molecule has 0 aliphatic heterocycles. The summed E-state index contributed by atoms with van der Waals surface area (Å²) in [6.07, 6.45) is 4.25. The molecule has 90 valence electrons. The van der Waals surface area contributed by atoms with Crippen LogP contribution < -0.4 is 5.73 Å². The molecule has 5 nitrogen and oxygen atoms in total. The Morgan fingerprint density at radius 1 is 1.41 bits per heavy atom. The molecule has 0 aliphatic rings. The minimum atomic E-state index is 0.0175. The highest BCUT2D eigenvalue weighted by Gasteiger charge is 2.07. The molecule has 0 aliphatic carbocycles. The molecule has 2 rings (SSSR count). The van der Waals surface area contributed by atoms with E-state index in [1.54, 1.807) is 4.68 Å². The first-order chi connectivity index (χ1) is 8.20. The zero-order valence-corrected chi connectivity index (χ0v) is 10.7. The van der Waals surface area contributed by atoms with Crippen LogP contribution in [0.3, 0.4) is 0 Å². The lowest BCUT2D eigenvalue weighted by atomic mass is 10.1. The second-order valence-corrected chi connectivity index (χ2v) is 4.74. The van der Waals surface area contributed by atoms with Crippen LogP contribution in [0.2, 0.25) is 0 Å². The van der Waals surface area contributed by atoms with Crippen LogP contribution in [0.15, 0.2) is 34.7 Å². The summed E-state index contributed by atoms with van der Waals surface area (Å²) >= 11 is 1.53. The predicted molar refractivity (Wildman–Crippen MR) is 66.6 cm³/mol. The fourth-order valence-electron chi connectivity index (χ4n) is 1.36. The topological polar surface area (TPSA) is 69.6 Å². The average molecular weight is 249 g/mol. The fraction of sp³-hybridized carbons (Fsp3) is 0.364. The average Bonchev–Trinajstić information content (AvgIpc) is 2.75. The van der Waals surface area contributed by atoms with E-state index in [1.807, 2.05) is 25.4 Å². The number of nitrogens with zero attached hydrogens (tertiary/aromatic N) is 4. The number of hydrogen-bond acceptors (Lipinski definition) is 5. The molecule has 0 radical (unpaired) electrons. The highest BCUT2D eigenvalue weighted by Crippen LogP contribution is 2.25. The lowest BCUT2D eigenvalue weighted by Crippen LogP contribution is -2.10. The predicted octanol–water partition coefficient (Wildman–Crippen LogP) is 1.77. The molecule has 1 atom stereocenters. The van der Waals surface area contributed by atoms with Crippen LogP contribution in [0, 0.1) is 0 Å². The van der Waals surface area contributed by atoms with Gasteiger partial charge in [0.15, 0.2) is 5.16 Å². The molecule has 0 unspecified atom stereocenters. The lowest BCUT2D eigenvalue weighted by molar-refractivity contribution is 0.673. The van der Waals surface area contributed by atoms with E-state index >= 15 is 0 Å². The van der Waals surface area contributed by atoms with Gasteiger partial charge in [0.25, 0.3) is 0 Å². The summed E-state index contributed by atoms with van der Waals surface area (Å²) in [6.45, 7) is 2.05. The molecular weight excluding hydrogens is 234 g/mol. The van der Waals surface area contributed by atoms with Gasteiger partial charge in [-0.2, -0.15) is 5.10 Å². The van der Waals surface area contributed by atoms with Gasteiger partial charge in [-0.1, -0.05) is 6.92 Å². The van der Waals surface area contributed by atoms with Crippen LogP contribution in [-0.2, 0) is 7.05 Å². The van der Waals surface area contributed by atoms with Crippen molar-refractivity contribution in [1.29, 1.82) is 0 Å². The van der Waals surface area contributed by atoms with Gasteiger partial charge < -0.3 is 5.73 Å². The van der Waals surface area contributed by atoms with Crippen molar-refractivity contribution < 1.29 is 0 Å². The smallest absolute Gasteiger partial charge is 0.190 e. The molecule has 2 aromatic heterocycles. The molecule has 17 heavy (non-hydrogen) atoms. The van der Waals surface area contributed by atoms with Gasteiger partial charge in [-0.3, -0.25) is 4.98 Å². The number of aryl methyl sites for hydroxylation is 1. The number of pyridine rings is 1. The molecule has 0 aromatic carbocycles. The zero-order chi connectivity index (χ0) is 12.3. The van der Waals surface area contributed by atoms with E-state index < -0.39 is 0 Å². The summed E-state index contributed by atoms with van der Waals surface area (Å²) in [7, 11) is 1.87. The monoisotopic (exact) mass is 249 g/mol. The van der Waals surface area contributed by atoms with E-state index in [0.717, 1.165) is 22.2 Å². The molecule has 0 spiro atoms. The van der Waals surface area contributed by atoms with Gasteiger partial charge in [-0.25, -0.2) is 9.67 Å². The van der Waals surface area contributed by atoms with E-state index in [1.165, 1.54) is 18.1 Å². The molecule has 0 bridgehead atoms. The molecule has 0 saturated carbocycles. The maximum atomic E-state index is 5.91. The number of nitrogens with two attached hydrogens (primary N) is 1. The van der Waals surface area contributed by atoms with Crippen molar-refractivity contribution in [2.45, 2.75) is 29.4 Å². The number of hydrogen-bond donors (Lipinski definition) is 1. The second-order valence-electron chi connectivity index (χ2n) is 3.70. The largest absolute Gasteiger partial charge is 0.323 e. The lowest BCUT2D eigenvalue weighted by Gasteiger charge is -2.08. The van der Waals surface area contributed by atoms with Crippen molar-refractivity contribution in [3.63, 3.8) is 0 Å². The first-order valence-electron chi connectivity index (χ1n) is 5.44. The first kappa shape index (κ1) is 12.1. The van der Waals surface area contributed by atoms with E-state index in [0.29, 0.717) is 0 Å². The minimum absolute atomic E-state index is 0.0175. The molecule has 6 heteroatoms. The number of rotatable bonds is 4. The van der Waals surface area contributed by atoms with Gasteiger partial charge in [0.2, 0.25) is 0 Å². The second kappa shape index (κ2) is 5.29. The standard InChI is InChI=1S/C11H15N5S/c1-3-9(12)10-5-4-8(6-13-10)17-11-14-7-15-16(11)2/h4-7,9H,3,12H2,1-2H3/t9-/m0/s1. The normalized spacial score (nSPS) is 12.6. The summed E-state index contributed by atoms with van der Waals surface area (Å²) in [5, 5.41) is 4.86. The van der Waals surface area contributed by atoms with E-state index in [4.69, 9.17) is 5.73 Å². The van der Waals surface area contributed by atoms with Crippen molar-refractivity contribution in [1.82, 2.24) is 19.7 Å². The van der Waals surface area contributed by atoms with Crippen molar-refractivity contribution >= 4 is 11.8 Å². The Kier molecular flexibility index (Phi) is 3.75. The zero-order valence-electron chi connectivity index (χ0n) is 9.87. The maximum Gasteiger partial charge on any atom is 0.190 e. The minimum Gasteiger partial charge on any atom is -0.323 e. The van der Waals surface area contributed by atoms with Crippen molar-refractivity contribution in [2.24, 2.45) is 12.8 Å². The molecular formula is C11H15N5S.